The van der Waals surface area contributed by atoms with Gasteiger partial charge in [0.05, 0.1) is 25.1 Å². The molecule has 1 N–H and O–H groups in total. The second-order valence-corrected chi connectivity index (χ2v) is 7.16. The molecule has 0 radical (unpaired) electrons. The molecule has 0 fully saturated rings. The number of sulfonamides is 1. The van der Waals surface area contributed by atoms with Crippen LogP contribution in [-0.4, -0.2) is 45.5 Å². The average molecular weight is 295 g/mol. The van der Waals surface area contributed by atoms with Crippen molar-refractivity contribution in [2.24, 2.45) is 0 Å². The molecule has 19 heavy (non-hydrogen) atoms. The number of ether oxygens (including phenoxy) is 2. The molecule has 1 atom stereocenters. The maximum absolute atomic E-state index is 11.8. The van der Waals surface area contributed by atoms with E-state index in [4.69, 9.17) is 4.74 Å². The minimum Gasteiger partial charge on any atom is -0.468 e. The van der Waals surface area contributed by atoms with Crippen molar-refractivity contribution in [3.63, 3.8) is 0 Å². The van der Waals surface area contributed by atoms with E-state index in [1.807, 2.05) is 27.7 Å². The van der Waals surface area contributed by atoms with Crippen LogP contribution in [0.15, 0.2) is 0 Å². The smallest absolute Gasteiger partial charge is 0.326 e. The molecular formula is C12H25NO5S. The Hall–Kier alpha value is -0.660. The third-order valence-corrected chi connectivity index (χ3v) is 3.73. The van der Waals surface area contributed by atoms with Crippen molar-refractivity contribution in [1.82, 2.24) is 4.72 Å². The number of hydrogen-bond donors (Lipinski definition) is 1. The van der Waals surface area contributed by atoms with Gasteiger partial charge >= 0.3 is 5.97 Å². The zero-order valence-corrected chi connectivity index (χ0v) is 13.2. The van der Waals surface area contributed by atoms with Gasteiger partial charge in [-0.25, -0.2) is 8.42 Å². The summed E-state index contributed by atoms with van der Waals surface area (Å²) in [6.07, 6.45) is 1.31. The van der Waals surface area contributed by atoms with Crippen LogP contribution in [0.3, 0.4) is 0 Å². The van der Waals surface area contributed by atoms with Gasteiger partial charge in [-0.2, -0.15) is 4.72 Å². The van der Waals surface area contributed by atoms with Gasteiger partial charge in [-0.15, -0.1) is 0 Å². The van der Waals surface area contributed by atoms with Gasteiger partial charge < -0.3 is 9.47 Å². The first kappa shape index (κ1) is 18.3. The van der Waals surface area contributed by atoms with E-state index < -0.39 is 27.6 Å². The molecule has 0 aliphatic heterocycles. The fraction of sp³-hybridized carbons (Fsp3) is 0.917. The van der Waals surface area contributed by atoms with Crippen molar-refractivity contribution in [3.05, 3.63) is 0 Å². The number of hydrogen-bond acceptors (Lipinski definition) is 5. The van der Waals surface area contributed by atoms with E-state index in [1.54, 1.807) is 0 Å². The molecule has 114 valence electrons. The van der Waals surface area contributed by atoms with E-state index >= 15 is 0 Å². The van der Waals surface area contributed by atoms with Crippen molar-refractivity contribution in [3.8, 4) is 0 Å². The molecule has 0 bridgehead atoms. The Morgan fingerprint density at radius 2 is 1.89 bits per heavy atom. The van der Waals surface area contributed by atoms with E-state index in [2.05, 4.69) is 9.46 Å². The number of rotatable bonds is 8. The van der Waals surface area contributed by atoms with Crippen molar-refractivity contribution < 1.29 is 22.7 Å². The summed E-state index contributed by atoms with van der Waals surface area (Å²) >= 11 is 0. The normalized spacial score (nSPS) is 14.2. The minimum atomic E-state index is -3.50. The van der Waals surface area contributed by atoms with E-state index in [0.29, 0.717) is 6.42 Å². The zero-order valence-electron chi connectivity index (χ0n) is 12.4. The van der Waals surface area contributed by atoms with Crippen molar-refractivity contribution >= 4 is 16.0 Å². The molecule has 0 rings (SSSR count). The summed E-state index contributed by atoms with van der Waals surface area (Å²) in [6.45, 7) is 7.32. The fourth-order valence-electron chi connectivity index (χ4n) is 1.24. The highest BCUT2D eigenvalue weighted by molar-refractivity contribution is 7.89. The highest BCUT2D eigenvalue weighted by Gasteiger charge is 2.27. The SMILES string of the molecule is CCCCS(=O)(=O)NC(COC(C)(C)C)C(=O)OC. The molecule has 0 saturated heterocycles. The molecule has 1 unspecified atom stereocenters. The first-order valence-corrected chi connectivity index (χ1v) is 7.98. The molecular weight excluding hydrogens is 270 g/mol. The van der Waals surface area contributed by atoms with Crippen LogP contribution in [-0.2, 0) is 24.3 Å². The Bertz CT molecular complexity index is 372. The van der Waals surface area contributed by atoms with E-state index in [1.165, 1.54) is 7.11 Å². The zero-order chi connectivity index (χ0) is 15.1. The monoisotopic (exact) mass is 295 g/mol. The lowest BCUT2D eigenvalue weighted by Gasteiger charge is -2.23. The minimum absolute atomic E-state index is 0.00743. The van der Waals surface area contributed by atoms with Gasteiger partial charge in [0.15, 0.2) is 0 Å². The van der Waals surface area contributed by atoms with Gasteiger partial charge in [0.2, 0.25) is 10.0 Å². The van der Waals surface area contributed by atoms with Gasteiger partial charge in [0, 0.05) is 0 Å². The summed E-state index contributed by atoms with van der Waals surface area (Å²) in [4.78, 5) is 11.6. The largest absolute Gasteiger partial charge is 0.468 e. The number of nitrogens with one attached hydrogen (secondary N) is 1. The highest BCUT2D eigenvalue weighted by atomic mass is 32.2. The Balaban J connectivity index is 4.64. The van der Waals surface area contributed by atoms with Crippen molar-refractivity contribution in [1.29, 1.82) is 0 Å². The third kappa shape index (κ3) is 8.96. The van der Waals surface area contributed by atoms with Gasteiger partial charge in [0.25, 0.3) is 0 Å². The molecule has 0 aromatic rings. The number of unbranched alkanes of at least 4 members (excludes halogenated alkanes) is 1. The van der Waals surface area contributed by atoms with Crippen LogP contribution >= 0.6 is 0 Å². The molecule has 0 aromatic heterocycles. The standard InChI is InChI=1S/C12H25NO5S/c1-6-7-8-19(15,16)13-10(11(14)17-5)9-18-12(2,3)4/h10,13H,6-9H2,1-5H3. The summed E-state index contributed by atoms with van der Waals surface area (Å²) in [7, 11) is -2.28. The summed E-state index contributed by atoms with van der Waals surface area (Å²) in [5, 5.41) is 0. The maximum Gasteiger partial charge on any atom is 0.326 e. The lowest BCUT2D eigenvalue weighted by atomic mass is 10.2. The van der Waals surface area contributed by atoms with E-state index in [-0.39, 0.29) is 12.4 Å². The first-order chi connectivity index (χ1) is 8.61. The lowest BCUT2D eigenvalue weighted by molar-refractivity contribution is -0.145. The van der Waals surface area contributed by atoms with Gasteiger partial charge in [0.1, 0.15) is 6.04 Å². The third-order valence-electron chi connectivity index (χ3n) is 2.26. The Labute approximate surface area is 115 Å². The number of carbonyl (C=O) groups excluding carboxylic acids is 1. The van der Waals surface area contributed by atoms with E-state index in [0.717, 1.165) is 6.42 Å². The summed E-state index contributed by atoms with van der Waals surface area (Å²) < 4.78 is 35.9. The van der Waals surface area contributed by atoms with Crippen LogP contribution in [0, 0.1) is 0 Å². The van der Waals surface area contributed by atoms with Crippen molar-refractivity contribution in [2.45, 2.75) is 52.2 Å². The highest BCUT2D eigenvalue weighted by Crippen LogP contribution is 2.08. The number of esters is 1. The van der Waals surface area contributed by atoms with Gasteiger partial charge in [-0.3, -0.25) is 4.79 Å². The van der Waals surface area contributed by atoms with Crippen LogP contribution in [0.25, 0.3) is 0 Å². The van der Waals surface area contributed by atoms with Crippen LogP contribution < -0.4 is 4.72 Å². The van der Waals surface area contributed by atoms with Crippen LogP contribution in [0.2, 0.25) is 0 Å². The average Bonchev–Trinajstić information content (AvgIpc) is 2.29. The summed E-state index contributed by atoms with van der Waals surface area (Å²) in [5.74, 6) is -0.656. The maximum atomic E-state index is 11.8. The van der Waals surface area contributed by atoms with Gasteiger partial charge in [-0.05, 0) is 27.2 Å². The molecule has 0 aromatic carbocycles. The first-order valence-electron chi connectivity index (χ1n) is 6.33. The quantitative estimate of drug-likeness (QED) is 0.677. The lowest BCUT2D eigenvalue weighted by Crippen LogP contribution is -2.46. The topological polar surface area (TPSA) is 81.7 Å². The molecule has 6 nitrogen and oxygen atoms in total. The van der Waals surface area contributed by atoms with Crippen LogP contribution in [0.1, 0.15) is 40.5 Å². The Kier molecular flexibility index (Phi) is 7.54. The molecule has 7 heteroatoms. The predicted octanol–water partition coefficient (Wildman–Crippen LogP) is 1.06. The number of carbonyl (C=O) groups is 1. The molecule has 0 spiro atoms. The summed E-state index contributed by atoms with van der Waals surface area (Å²) in [5.41, 5.74) is -0.457. The second kappa shape index (κ2) is 7.81. The fourth-order valence-corrected chi connectivity index (χ4v) is 2.62. The molecule has 0 saturated carbocycles. The molecule has 0 aliphatic rings. The predicted molar refractivity (Wildman–Crippen MR) is 73.3 cm³/mol. The molecule has 0 aliphatic carbocycles. The Morgan fingerprint density at radius 1 is 1.32 bits per heavy atom. The second-order valence-electron chi connectivity index (χ2n) is 5.29. The summed E-state index contributed by atoms with van der Waals surface area (Å²) in [6, 6.07) is -1.01. The van der Waals surface area contributed by atoms with E-state index in [9.17, 15) is 13.2 Å². The number of methoxy groups -OCH3 is 1. The Morgan fingerprint density at radius 3 is 2.32 bits per heavy atom. The molecule has 0 heterocycles. The van der Waals surface area contributed by atoms with Gasteiger partial charge in [-0.1, -0.05) is 13.3 Å². The van der Waals surface area contributed by atoms with Crippen LogP contribution in [0.4, 0.5) is 0 Å². The molecule has 0 amide bonds. The van der Waals surface area contributed by atoms with Crippen LogP contribution in [0.5, 0.6) is 0 Å². The van der Waals surface area contributed by atoms with Crippen molar-refractivity contribution in [2.75, 3.05) is 19.5 Å².